The second-order valence-electron chi connectivity index (χ2n) is 7.74. The zero-order valence-electron chi connectivity index (χ0n) is 16.0. The van der Waals surface area contributed by atoms with Gasteiger partial charge in [-0.05, 0) is 25.0 Å². The summed E-state index contributed by atoms with van der Waals surface area (Å²) < 4.78 is 11.5. The first-order chi connectivity index (χ1) is 13.5. The van der Waals surface area contributed by atoms with Crippen molar-refractivity contribution in [3.05, 3.63) is 24.3 Å². The molecule has 4 rings (SSSR count). The van der Waals surface area contributed by atoms with E-state index in [4.69, 9.17) is 9.47 Å². The zero-order valence-corrected chi connectivity index (χ0v) is 16.0. The van der Waals surface area contributed by atoms with Crippen molar-refractivity contribution in [2.75, 3.05) is 26.7 Å². The molecule has 1 N–H and O–H groups in total. The van der Waals surface area contributed by atoms with Crippen molar-refractivity contribution >= 4 is 17.8 Å². The topological polar surface area (TPSA) is 88.2 Å². The number of carbonyl (C=O) groups excluding carboxylic acids is 3. The van der Waals surface area contributed by atoms with Crippen molar-refractivity contribution < 1.29 is 23.9 Å². The highest BCUT2D eigenvalue weighted by Crippen LogP contribution is 2.34. The lowest BCUT2D eigenvalue weighted by molar-refractivity contribution is -0.139. The van der Waals surface area contributed by atoms with Gasteiger partial charge in [-0.1, -0.05) is 31.4 Å². The minimum Gasteiger partial charge on any atom is -0.486 e. The molecular weight excluding hydrogens is 362 g/mol. The van der Waals surface area contributed by atoms with E-state index >= 15 is 0 Å². The highest BCUT2D eigenvalue weighted by molar-refractivity contribution is 6.09. The van der Waals surface area contributed by atoms with E-state index in [1.807, 2.05) is 24.3 Å². The molecule has 1 aromatic rings. The smallest absolute Gasteiger partial charge is 0.325 e. The van der Waals surface area contributed by atoms with E-state index in [2.05, 4.69) is 5.32 Å². The van der Waals surface area contributed by atoms with Gasteiger partial charge >= 0.3 is 6.03 Å². The predicted octanol–water partition coefficient (Wildman–Crippen LogP) is 1.54. The van der Waals surface area contributed by atoms with Gasteiger partial charge in [0.1, 0.15) is 18.7 Å². The molecule has 2 fully saturated rings. The van der Waals surface area contributed by atoms with E-state index < -0.39 is 11.6 Å². The molecule has 8 nitrogen and oxygen atoms in total. The van der Waals surface area contributed by atoms with Gasteiger partial charge < -0.3 is 19.7 Å². The molecule has 0 aromatic heterocycles. The molecule has 8 heteroatoms. The van der Waals surface area contributed by atoms with Gasteiger partial charge in [-0.3, -0.25) is 14.5 Å². The van der Waals surface area contributed by atoms with Crippen LogP contribution >= 0.6 is 0 Å². The van der Waals surface area contributed by atoms with Crippen LogP contribution in [0.4, 0.5) is 4.79 Å². The Bertz CT molecular complexity index is 790. The van der Waals surface area contributed by atoms with Gasteiger partial charge in [0.2, 0.25) is 5.91 Å². The minimum absolute atomic E-state index is 0.257. The maximum atomic E-state index is 12.8. The second kappa shape index (κ2) is 7.33. The van der Waals surface area contributed by atoms with E-state index in [0.717, 1.165) is 24.2 Å². The Morgan fingerprint density at radius 1 is 1.21 bits per heavy atom. The molecule has 1 saturated carbocycles. The molecule has 150 valence electrons. The molecule has 0 bridgehead atoms. The van der Waals surface area contributed by atoms with Crippen molar-refractivity contribution in [2.24, 2.45) is 0 Å². The van der Waals surface area contributed by atoms with E-state index in [9.17, 15) is 14.4 Å². The zero-order chi connectivity index (χ0) is 19.7. The average Bonchev–Trinajstić information content (AvgIpc) is 2.92. The second-order valence-corrected chi connectivity index (χ2v) is 7.74. The molecule has 2 heterocycles. The van der Waals surface area contributed by atoms with Crippen LogP contribution in [0.1, 0.15) is 32.1 Å². The number of likely N-dealkylation sites (N-methyl/N-ethyl adjacent to an activating group) is 1. The van der Waals surface area contributed by atoms with Crippen LogP contribution in [0.25, 0.3) is 0 Å². The maximum absolute atomic E-state index is 12.8. The van der Waals surface area contributed by atoms with Gasteiger partial charge in [0, 0.05) is 7.05 Å². The van der Waals surface area contributed by atoms with Crippen molar-refractivity contribution in [3.8, 4) is 11.5 Å². The fraction of sp³-hybridized carbons (Fsp3) is 0.550. The minimum atomic E-state index is -0.807. The fourth-order valence-corrected chi connectivity index (χ4v) is 4.13. The lowest BCUT2D eigenvalue weighted by atomic mass is 9.82. The number of hydrogen-bond acceptors (Lipinski definition) is 5. The Morgan fingerprint density at radius 3 is 2.68 bits per heavy atom. The number of rotatable bonds is 4. The van der Waals surface area contributed by atoms with Crippen LogP contribution in [0.5, 0.6) is 11.5 Å². The van der Waals surface area contributed by atoms with Gasteiger partial charge in [-0.25, -0.2) is 4.79 Å². The Hall–Kier alpha value is -2.77. The van der Waals surface area contributed by atoms with Crippen LogP contribution in [0.2, 0.25) is 0 Å². The number of hydrogen-bond donors (Lipinski definition) is 1. The summed E-state index contributed by atoms with van der Waals surface area (Å²) in [4.78, 5) is 40.3. The summed E-state index contributed by atoms with van der Waals surface area (Å²) in [5.74, 6) is 0.752. The number of imide groups is 1. The first-order valence-corrected chi connectivity index (χ1v) is 9.75. The highest BCUT2D eigenvalue weighted by atomic mass is 16.6. The van der Waals surface area contributed by atoms with Crippen LogP contribution in [0.15, 0.2) is 24.3 Å². The molecule has 0 radical (unpaired) electrons. The first kappa shape index (κ1) is 18.6. The van der Waals surface area contributed by atoms with Crippen molar-refractivity contribution in [2.45, 2.75) is 43.7 Å². The number of urea groups is 1. The van der Waals surface area contributed by atoms with Gasteiger partial charge in [0.05, 0.1) is 6.54 Å². The molecule has 3 aliphatic rings. The fourth-order valence-electron chi connectivity index (χ4n) is 4.13. The van der Waals surface area contributed by atoms with E-state index in [-0.39, 0.29) is 24.5 Å². The molecule has 1 saturated heterocycles. The number of para-hydroxylation sites is 2. The third-order valence-electron chi connectivity index (χ3n) is 5.72. The van der Waals surface area contributed by atoms with E-state index in [0.29, 0.717) is 37.5 Å². The van der Waals surface area contributed by atoms with Crippen LogP contribution < -0.4 is 14.8 Å². The largest absolute Gasteiger partial charge is 0.486 e. The Balaban J connectivity index is 1.35. The van der Waals surface area contributed by atoms with Crippen molar-refractivity contribution in [1.82, 2.24) is 15.1 Å². The third kappa shape index (κ3) is 3.39. The molecule has 4 amide bonds. The van der Waals surface area contributed by atoms with Crippen molar-refractivity contribution in [1.29, 1.82) is 0 Å². The number of nitrogens with zero attached hydrogens (tertiary/aromatic N) is 2. The van der Waals surface area contributed by atoms with Gasteiger partial charge in [0.25, 0.3) is 5.91 Å². The Kier molecular flexibility index (Phi) is 4.87. The quantitative estimate of drug-likeness (QED) is 0.792. The van der Waals surface area contributed by atoms with Crippen LogP contribution in [-0.2, 0) is 9.59 Å². The number of amides is 4. The van der Waals surface area contributed by atoms with Gasteiger partial charge in [-0.15, -0.1) is 0 Å². The number of ether oxygens (including phenoxy) is 2. The summed E-state index contributed by atoms with van der Waals surface area (Å²) in [6, 6.07) is 6.91. The number of nitrogens with one attached hydrogen (secondary N) is 1. The standard InChI is InChI=1S/C20H25N3O5/c1-22(11-14-13-27-15-7-3-4-8-16(15)28-14)17(24)12-23-18(25)20(21-19(23)26)9-5-2-6-10-20/h3-4,7-8,14H,2,5-6,9-13H2,1H3,(H,21,26). The van der Waals surface area contributed by atoms with Gasteiger partial charge in [0.15, 0.2) is 17.6 Å². The lowest BCUT2D eigenvalue weighted by Gasteiger charge is -2.31. The molecule has 1 aromatic carbocycles. The molecule has 1 aliphatic carbocycles. The van der Waals surface area contributed by atoms with Crippen molar-refractivity contribution in [3.63, 3.8) is 0 Å². The summed E-state index contributed by atoms with van der Waals surface area (Å²) in [5.41, 5.74) is -0.807. The Morgan fingerprint density at radius 2 is 1.93 bits per heavy atom. The first-order valence-electron chi connectivity index (χ1n) is 9.75. The number of fused-ring (bicyclic) bond motifs is 1. The Labute approximate surface area is 163 Å². The maximum Gasteiger partial charge on any atom is 0.325 e. The summed E-state index contributed by atoms with van der Waals surface area (Å²) in [6.07, 6.45) is 3.87. The molecule has 2 aliphatic heterocycles. The molecule has 28 heavy (non-hydrogen) atoms. The SMILES string of the molecule is CN(CC1COc2ccccc2O1)C(=O)CN1C(=O)NC2(CCCCC2)C1=O. The number of carbonyl (C=O) groups is 3. The molecule has 1 unspecified atom stereocenters. The number of benzene rings is 1. The predicted molar refractivity (Wildman–Crippen MR) is 100 cm³/mol. The highest BCUT2D eigenvalue weighted by Gasteiger charge is 2.51. The van der Waals surface area contributed by atoms with Gasteiger partial charge in [-0.2, -0.15) is 0 Å². The summed E-state index contributed by atoms with van der Waals surface area (Å²) in [5, 5.41) is 2.83. The summed E-state index contributed by atoms with van der Waals surface area (Å²) in [6.45, 7) is 0.385. The average molecular weight is 387 g/mol. The van der Waals surface area contributed by atoms with E-state index in [1.54, 1.807) is 7.05 Å². The van der Waals surface area contributed by atoms with Crippen LogP contribution in [0, 0.1) is 0 Å². The van der Waals surface area contributed by atoms with E-state index in [1.165, 1.54) is 4.90 Å². The summed E-state index contributed by atoms with van der Waals surface area (Å²) >= 11 is 0. The van der Waals surface area contributed by atoms with Crippen LogP contribution in [-0.4, -0.2) is 66.0 Å². The summed E-state index contributed by atoms with van der Waals surface area (Å²) in [7, 11) is 1.64. The normalized spacial score (nSPS) is 22.9. The molecule has 1 atom stereocenters. The molecular formula is C20H25N3O5. The monoisotopic (exact) mass is 387 g/mol. The van der Waals surface area contributed by atoms with Crippen LogP contribution in [0.3, 0.4) is 0 Å². The molecule has 1 spiro atoms. The third-order valence-corrected chi connectivity index (χ3v) is 5.72. The lowest BCUT2D eigenvalue weighted by Crippen LogP contribution is -2.49.